The summed E-state index contributed by atoms with van der Waals surface area (Å²) in [6.07, 6.45) is 1.58. The van der Waals surface area contributed by atoms with Gasteiger partial charge in [0.1, 0.15) is 5.65 Å². The Kier molecular flexibility index (Phi) is 6.78. The summed E-state index contributed by atoms with van der Waals surface area (Å²) in [5.41, 5.74) is 3.65. The Morgan fingerprint density at radius 3 is 2.36 bits per heavy atom. The van der Waals surface area contributed by atoms with E-state index < -0.39 is 5.92 Å². The van der Waals surface area contributed by atoms with Crippen LogP contribution in [-0.4, -0.2) is 38.4 Å². The highest BCUT2D eigenvalue weighted by Gasteiger charge is 2.33. The van der Waals surface area contributed by atoms with E-state index in [1.807, 2.05) is 61.5 Å². The number of aromatic nitrogens is 3. The summed E-state index contributed by atoms with van der Waals surface area (Å²) < 4.78 is 28.5. The van der Waals surface area contributed by atoms with Crippen molar-refractivity contribution in [2.75, 3.05) is 18.4 Å². The predicted molar refractivity (Wildman–Crippen MR) is 137 cm³/mol. The minimum Gasteiger partial charge on any atom is -0.348 e. The van der Waals surface area contributed by atoms with Crippen LogP contribution in [-0.2, 0) is 13.1 Å². The van der Waals surface area contributed by atoms with Gasteiger partial charge in [0.15, 0.2) is 0 Å². The van der Waals surface area contributed by atoms with Crippen molar-refractivity contribution in [1.29, 1.82) is 0 Å². The zero-order valence-corrected chi connectivity index (χ0v) is 20.2. The second-order valence-corrected chi connectivity index (χ2v) is 9.46. The van der Waals surface area contributed by atoms with Crippen LogP contribution < -0.4 is 10.9 Å². The minimum atomic E-state index is -2.53. The first kappa shape index (κ1) is 24.1. The average molecular weight is 490 g/mol. The molecule has 0 spiro atoms. The molecule has 1 fully saturated rings. The van der Waals surface area contributed by atoms with Crippen LogP contribution in [0.5, 0.6) is 0 Å². The summed E-state index contributed by atoms with van der Waals surface area (Å²) >= 11 is 0. The number of nitrogens with zero attached hydrogens (tertiary/aromatic N) is 4. The molecule has 1 aliphatic rings. The normalized spacial score (nSPS) is 16.6. The number of likely N-dealkylation sites (tertiary alicyclic amines) is 1. The molecule has 0 amide bonds. The van der Waals surface area contributed by atoms with Gasteiger partial charge in [-0.15, -0.1) is 0 Å². The van der Waals surface area contributed by atoms with Crippen molar-refractivity contribution in [3.05, 3.63) is 100.0 Å². The van der Waals surface area contributed by atoms with E-state index in [1.54, 1.807) is 22.9 Å². The summed E-state index contributed by atoms with van der Waals surface area (Å²) in [6.45, 7) is 3.96. The third-order valence-corrected chi connectivity index (χ3v) is 6.73. The van der Waals surface area contributed by atoms with Crippen molar-refractivity contribution in [1.82, 2.24) is 19.4 Å². The highest BCUT2D eigenvalue weighted by Crippen LogP contribution is 2.28. The van der Waals surface area contributed by atoms with Gasteiger partial charge < -0.3 is 5.32 Å². The Morgan fingerprint density at radius 1 is 0.944 bits per heavy atom. The number of rotatable bonds is 7. The molecule has 6 nitrogen and oxygen atoms in total. The topological polar surface area (TPSA) is 63.1 Å². The molecule has 2 aromatic carbocycles. The lowest BCUT2D eigenvalue weighted by atomic mass is 10.0. The third kappa shape index (κ3) is 5.60. The maximum atomic E-state index is 13.4. The van der Waals surface area contributed by atoms with Gasteiger partial charge in [0.05, 0.1) is 12.6 Å². The predicted octanol–water partition coefficient (Wildman–Crippen LogP) is 5.24. The van der Waals surface area contributed by atoms with Gasteiger partial charge in [-0.05, 0) is 29.7 Å². The lowest BCUT2D eigenvalue weighted by Crippen LogP contribution is -2.38. The van der Waals surface area contributed by atoms with Crippen LogP contribution >= 0.6 is 0 Å². The lowest BCUT2D eigenvalue weighted by Gasteiger charge is -2.31. The fourth-order valence-electron chi connectivity index (χ4n) is 4.54. The number of benzene rings is 2. The SMILES string of the molecule is CC(Nc1ncc2ccc(=O)n(Cc3ccccc3)c2n1)c1ccc(CN2CCC(F)(F)CC2)cc1. The first-order chi connectivity index (χ1) is 17.4. The number of hydrogen-bond donors (Lipinski definition) is 1. The molecule has 36 heavy (non-hydrogen) atoms. The van der Waals surface area contributed by atoms with Crippen molar-refractivity contribution < 1.29 is 8.78 Å². The molecule has 0 radical (unpaired) electrons. The van der Waals surface area contributed by atoms with E-state index in [2.05, 4.69) is 20.2 Å². The quantitative estimate of drug-likeness (QED) is 0.385. The Labute approximate surface area is 208 Å². The summed E-state index contributed by atoms with van der Waals surface area (Å²) in [4.78, 5) is 23.8. The van der Waals surface area contributed by atoms with E-state index in [9.17, 15) is 13.6 Å². The van der Waals surface area contributed by atoms with E-state index >= 15 is 0 Å². The number of anilines is 1. The fourth-order valence-corrected chi connectivity index (χ4v) is 4.54. The van der Waals surface area contributed by atoms with Gasteiger partial charge in [-0.25, -0.2) is 13.8 Å². The molecule has 1 unspecified atom stereocenters. The van der Waals surface area contributed by atoms with Gasteiger partial charge in [-0.1, -0.05) is 54.6 Å². The molecular weight excluding hydrogens is 460 g/mol. The van der Waals surface area contributed by atoms with E-state index in [0.717, 1.165) is 22.1 Å². The molecule has 1 N–H and O–H groups in total. The Balaban J connectivity index is 1.29. The zero-order valence-electron chi connectivity index (χ0n) is 20.2. The zero-order chi connectivity index (χ0) is 25.1. The average Bonchev–Trinajstić information content (AvgIpc) is 2.88. The van der Waals surface area contributed by atoms with E-state index in [-0.39, 0.29) is 24.4 Å². The number of piperidine rings is 1. The minimum absolute atomic E-state index is 0.0665. The summed E-state index contributed by atoms with van der Waals surface area (Å²) in [5.74, 6) is -2.08. The third-order valence-electron chi connectivity index (χ3n) is 6.73. The first-order valence-corrected chi connectivity index (χ1v) is 12.2. The summed E-state index contributed by atoms with van der Waals surface area (Å²) in [6, 6.07) is 21.2. The molecular formula is C28H29F2N5O. The van der Waals surface area contributed by atoms with Crippen molar-refractivity contribution in [2.24, 2.45) is 0 Å². The number of halogens is 2. The van der Waals surface area contributed by atoms with Crippen LogP contribution in [0.1, 0.15) is 42.5 Å². The number of fused-ring (bicyclic) bond motifs is 1. The van der Waals surface area contributed by atoms with Crippen molar-refractivity contribution in [3.63, 3.8) is 0 Å². The van der Waals surface area contributed by atoms with Gasteiger partial charge >= 0.3 is 0 Å². The molecule has 4 aromatic rings. The van der Waals surface area contributed by atoms with Gasteiger partial charge in [0.2, 0.25) is 5.95 Å². The molecule has 3 heterocycles. The molecule has 1 saturated heterocycles. The van der Waals surface area contributed by atoms with Crippen LogP contribution in [0.4, 0.5) is 14.7 Å². The molecule has 186 valence electrons. The van der Waals surface area contributed by atoms with E-state index in [0.29, 0.717) is 37.8 Å². The number of alkyl halides is 2. The Morgan fingerprint density at radius 2 is 1.64 bits per heavy atom. The summed E-state index contributed by atoms with van der Waals surface area (Å²) in [7, 11) is 0. The highest BCUT2D eigenvalue weighted by atomic mass is 19.3. The fraction of sp³-hybridized carbons (Fsp3) is 0.321. The monoisotopic (exact) mass is 489 g/mol. The maximum absolute atomic E-state index is 13.4. The van der Waals surface area contributed by atoms with Crippen molar-refractivity contribution in [2.45, 2.75) is 44.8 Å². The smallest absolute Gasteiger partial charge is 0.252 e. The largest absolute Gasteiger partial charge is 0.348 e. The van der Waals surface area contributed by atoms with Crippen LogP contribution in [0.15, 0.2) is 77.7 Å². The van der Waals surface area contributed by atoms with Crippen molar-refractivity contribution in [3.8, 4) is 0 Å². The maximum Gasteiger partial charge on any atom is 0.252 e. The van der Waals surface area contributed by atoms with Crippen molar-refractivity contribution >= 4 is 17.0 Å². The molecule has 0 aliphatic carbocycles. The van der Waals surface area contributed by atoms with E-state index in [1.165, 1.54) is 0 Å². The molecule has 1 aliphatic heterocycles. The van der Waals surface area contributed by atoms with Crippen LogP contribution in [0.25, 0.3) is 11.0 Å². The molecule has 1 atom stereocenters. The van der Waals surface area contributed by atoms with Crippen LogP contribution in [0.2, 0.25) is 0 Å². The van der Waals surface area contributed by atoms with Gasteiger partial charge in [0.25, 0.3) is 11.5 Å². The summed E-state index contributed by atoms with van der Waals surface area (Å²) in [5, 5.41) is 4.13. The van der Waals surface area contributed by atoms with Gasteiger partial charge in [0, 0.05) is 50.1 Å². The van der Waals surface area contributed by atoms with Crippen LogP contribution in [0, 0.1) is 0 Å². The number of pyridine rings is 1. The Bertz CT molecular complexity index is 1380. The molecule has 2 aromatic heterocycles. The molecule has 8 heteroatoms. The first-order valence-electron chi connectivity index (χ1n) is 12.2. The number of nitrogens with one attached hydrogen (secondary N) is 1. The Hall–Kier alpha value is -3.65. The second-order valence-electron chi connectivity index (χ2n) is 9.46. The highest BCUT2D eigenvalue weighted by molar-refractivity contribution is 5.75. The second kappa shape index (κ2) is 10.1. The standard InChI is InChI=1S/C28H29F2N5O/c1-20(23-9-7-22(8-10-23)18-34-15-13-28(29,30)14-16-34)32-27-31-17-24-11-12-25(36)35(26(24)33-27)19-21-5-3-2-4-6-21/h2-12,17,20H,13-16,18-19H2,1H3,(H,31,32,33). The van der Waals surface area contributed by atoms with Gasteiger partial charge in [-0.3, -0.25) is 14.3 Å². The van der Waals surface area contributed by atoms with Gasteiger partial charge in [-0.2, -0.15) is 4.98 Å². The molecule has 0 bridgehead atoms. The molecule has 0 saturated carbocycles. The molecule has 5 rings (SSSR count). The van der Waals surface area contributed by atoms with E-state index in [4.69, 9.17) is 0 Å². The number of hydrogen-bond acceptors (Lipinski definition) is 5. The lowest BCUT2D eigenvalue weighted by molar-refractivity contribution is -0.0566. The van der Waals surface area contributed by atoms with Crippen LogP contribution in [0.3, 0.4) is 0 Å².